The van der Waals surface area contributed by atoms with Crippen LogP contribution >= 0.6 is 11.6 Å². The molecule has 0 aromatic heterocycles. The molecule has 4 rings (SSSR count). The van der Waals surface area contributed by atoms with Crippen molar-refractivity contribution < 1.29 is 26.0 Å². The maximum atomic E-state index is 14.0. The number of nitrogens with one attached hydrogen (secondary N) is 1. The van der Waals surface area contributed by atoms with Crippen LogP contribution in [0.4, 0.5) is 4.39 Å². The molecule has 3 aromatic rings. The molecule has 1 amide bonds. The summed E-state index contributed by atoms with van der Waals surface area (Å²) < 4.78 is 69.2. The van der Waals surface area contributed by atoms with Gasteiger partial charge in [-0.1, -0.05) is 54.1 Å². The van der Waals surface area contributed by atoms with E-state index in [2.05, 4.69) is 10.5 Å². The van der Waals surface area contributed by atoms with E-state index in [1.807, 2.05) is 0 Å². The zero-order valence-corrected chi connectivity index (χ0v) is 21.6. The van der Waals surface area contributed by atoms with Gasteiger partial charge in [-0.25, -0.2) is 26.7 Å². The second-order valence-electron chi connectivity index (χ2n) is 7.99. The van der Waals surface area contributed by atoms with Crippen molar-refractivity contribution in [1.29, 1.82) is 0 Å². The zero-order valence-electron chi connectivity index (χ0n) is 19.2. The van der Waals surface area contributed by atoms with Crippen LogP contribution in [0.15, 0.2) is 93.8 Å². The molecule has 1 fully saturated rings. The van der Waals surface area contributed by atoms with E-state index in [9.17, 15) is 26.0 Å². The predicted octanol–water partition coefficient (Wildman–Crippen LogP) is 2.69. The molecule has 1 saturated heterocycles. The first-order chi connectivity index (χ1) is 17.6. The van der Waals surface area contributed by atoms with Crippen molar-refractivity contribution >= 4 is 43.8 Å². The number of hydrazone groups is 1. The monoisotopic (exact) mass is 564 g/mol. The molecule has 3 aromatic carbocycles. The van der Waals surface area contributed by atoms with Gasteiger partial charge >= 0.3 is 0 Å². The van der Waals surface area contributed by atoms with Crippen LogP contribution in [0.25, 0.3) is 0 Å². The summed E-state index contributed by atoms with van der Waals surface area (Å²) in [5.41, 5.74) is 2.12. The normalized spacial score (nSPS) is 17.6. The van der Waals surface area contributed by atoms with E-state index >= 15 is 0 Å². The van der Waals surface area contributed by atoms with Crippen LogP contribution in [0.1, 0.15) is 5.56 Å². The van der Waals surface area contributed by atoms with Gasteiger partial charge in [0.05, 0.1) is 21.0 Å². The summed E-state index contributed by atoms with van der Waals surface area (Å²) in [6.07, 6.45) is 0.993. The lowest BCUT2D eigenvalue weighted by atomic mass is 10.2. The number of nitrogens with zero attached hydrogens (tertiary/aromatic N) is 3. The minimum Gasteiger partial charge on any atom is -0.271 e. The number of halogens is 2. The minimum absolute atomic E-state index is 0.0146. The highest BCUT2D eigenvalue weighted by Gasteiger charge is 2.43. The molecule has 0 radical (unpaired) electrons. The third kappa shape index (κ3) is 5.73. The van der Waals surface area contributed by atoms with Gasteiger partial charge < -0.3 is 0 Å². The summed E-state index contributed by atoms with van der Waals surface area (Å²) in [5.74, 6) is -1.56. The second-order valence-corrected chi connectivity index (χ2v) is 12.2. The van der Waals surface area contributed by atoms with Crippen molar-refractivity contribution in [2.75, 3.05) is 19.6 Å². The molecule has 13 heteroatoms. The molecule has 1 atom stereocenters. The van der Waals surface area contributed by atoms with Crippen LogP contribution in [0.3, 0.4) is 0 Å². The van der Waals surface area contributed by atoms with Crippen LogP contribution in [-0.4, -0.2) is 63.2 Å². The van der Waals surface area contributed by atoms with Crippen LogP contribution < -0.4 is 5.43 Å². The fourth-order valence-electron chi connectivity index (χ4n) is 3.80. The van der Waals surface area contributed by atoms with Gasteiger partial charge in [-0.15, -0.1) is 0 Å². The third-order valence-corrected chi connectivity index (χ3v) is 9.83. The SMILES string of the molecule is O=C(N/N=C\c1c(F)cccc1Cl)[C@H]1CN(S(=O)(=O)c2ccccc2)CCN1S(=O)(=O)c1ccccc1. The number of rotatable bonds is 7. The van der Waals surface area contributed by atoms with Crippen LogP contribution in [-0.2, 0) is 24.8 Å². The molecule has 1 N–H and O–H groups in total. The first-order valence-corrected chi connectivity index (χ1v) is 14.3. The molecule has 0 saturated carbocycles. The largest absolute Gasteiger partial charge is 0.271 e. The van der Waals surface area contributed by atoms with Gasteiger partial charge in [0.15, 0.2) is 0 Å². The maximum Gasteiger partial charge on any atom is 0.259 e. The van der Waals surface area contributed by atoms with E-state index in [0.717, 1.165) is 20.9 Å². The molecule has 0 spiro atoms. The number of hydrogen-bond acceptors (Lipinski definition) is 6. The molecule has 194 valence electrons. The molecule has 37 heavy (non-hydrogen) atoms. The Hall–Kier alpha value is -3.16. The Morgan fingerprint density at radius 3 is 2.08 bits per heavy atom. The number of hydrogen-bond donors (Lipinski definition) is 1. The standard InChI is InChI=1S/C24H22ClFN4O5S2/c25-21-12-7-13-22(26)20(21)16-27-28-24(31)23-17-29(36(32,33)18-8-3-1-4-9-18)14-15-30(23)37(34,35)19-10-5-2-6-11-19/h1-13,16,23H,14-15,17H2,(H,28,31)/b27-16-/t23-/m1/s1. The molecular formula is C24H22ClFN4O5S2. The summed E-state index contributed by atoms with van der Waals surface area (Å²) in [5, 5.41) is 3.79. The van der Waals surface area contributed by atoms with Crippen molar-refractivity contribution in [3.63, 3.8) is 0 Å². The van der Waals surface area contributed by atoms with E-state index in [1.54, 1.807) is 36.4 Å². The van der Waals surface area contributed by atoms with Crippen molar-refractivity contribution in [3.05, 3.63) is 95.3 Å². The van der Waals surface area contributed by atoms with Gasteiger partial charge in [-0.05, 0) is 36.4 Å². The number of piperazine rings is 1. The van der Waals surface area contributed by atoms with E-state index in [1.165, 1.54) is 36.4 Å². The number of sulfonamides is 2. The van der Waals surface area contributed by atoms with Crippen molar-refractivity contribution in [2.45, 2.75) is 15.8 Å². The fourth-order valence-corrected chi connectivity index (χ4v) is 7.06. The van der Waals surface area contributed by atoms with E-state index < -0.39 is 44.4 Å². The van der Waals surface area contributed by atoms with Gasteiger partial charge in [0.2, 0.25) is 20.0 Å². The Morgan fingerprint density at radius 1 is 0.892 bits per heavy atom. The third-order valence-electron chi connectivity index (χ3n) is 5.70. The molecule has 0 aliphatic carbocycles. The van der Waals surface area contributed by atoms with E-state index in [0.29, 0.717) is 0 Å². The molecule has 9 nitrogen and oxygen atoms in total. The lowest BCUT2D eigenvalue weighted by Crippen LogP contribution is -2.60. The predicted molar refractivity (Wildman–Crippen MR) is 136 cm³/mol. The van der Waals surface area contributed by atoms with Crippen LogP contribution in [0.2, 0.25) is 5.02 Å². The number of amides is 1. The number of benzene rings is 3. The lowest BCUT2D eigenvalue weighted by Gasteiger charge is -2.38. The van der Waals surface area contributed by atoms with Crippen molar-refractivity contribution in [1.82, 2.24) is 14.0 Å². The summed E-state index contributed by atoms with van der Waals surface area (Å²) >= 11 is 5.97. The van der Waals surface area contributed by atoms with Gasteiger partial charge in [-0.2, -0.15) is 13.7 Å². The summed E-state index contributed by atoms with van der Waals surface area (Å²) in [7, 11) is -8.17. The Kier molecular flexibility index (Phi) is 8.05. The molecule has 1 heterocycles. The number of carbonyl (C=O) groups excluding carboxylic acids is 1. The topological polar surface area (TPSA) is 116 Å². The summed E-state index contributed by atoms with van der Waals surface area (Å²) in [6, 6.07) is 17.7. The smallest absolute Gasteiger partial charge is 0.259 e. The highest BCUT2D eigenvalue weighted by Crippen LogP contribution is 2.25. The molecule has 0 unspecified atom stereocenters. The highest BCUT2D eigenvalue weighted by atomic mass is 35.5. The highest BCUT2D eigenvalue weighted by molar-refractivity contribution is 7.89. The van der Waals surface area contributed by atoms with Crippen LogP contribution in [0, 0.1) is 5.82 Å². The minimum atomic E-state index is -4.16. The zero-order chi connectivity index (χ0) is 26.6. The fraction of sp³-hybridized carbons (Fsp3) is 0.167. The summed E-state index contributed by atoms with van der Waals surface area (Å²) in [4.78, 5) is 13.1. The van der Waals surface area contributed by atoms with Gasteiger partial charge in [0.1, 0.15) is 11.9 Å². The Balaban J connectivity index is 1.64. The van der Waals surface area contributed by atoms with Gasteiger partial charge in [0, 0.05) is 25.2 Å². The number of carbonyl (C=O) groups is 1. The van der Waals surface area contributed by atoms with Gasteiger partial charge in [0.25, 0.3) is 5.91 Å². The van der Waals surface area contributed by atoms with Gasteiger partial charge in [-0.3, -0.25) is 4.79 Å². The van der Waals surface area contributed by atoms with E-state index in [4.69, 9.17) is 11.6 Å². The molecule has 1 aliphatic rings. The Bertz CT molecular complexity index is 1500. The Morgan fingerprint density at radius 2 is 1.49 bits per heavy atom. The first-order valence-electron chi connectivity index (χ1n) is 11.0. The Labute approximate surface area is 219 Å². The quantitative estimate of drug-likeness (QED) is 0.350. The second kappa shape index (κ2) is 11.1. The lowest BCUT2D eigenvalue weighted by molar-refractivity contribution is -0.125. The van der Waals surface area contributed by atoms with Crippen LogP contribution in [0.5, 0.6) is 0 Å². The van der Waals surface area contributed by atoms with Crippen molar-refractivity contribution in [2.24, 2.45) is 5.10 Å². The summed E-state index contributed by atoms with van der Waals surface area (Å²) in [6.45, 7) is -0.892. The average molecular weight is 565 g/mol. The molecule has 0 bridgehead atoms. The van der Waals surface area contributed by atoms with Crippen molar-refractivity contribution in [3.8, 4) is 0 Å². The molecule has 1 aliphatic heterocycles. The molecular weight excluding hydrogens is 543 g/mol. The average Bonchev–Trinajstić information content (AvgIpc) is 2.91. The first kappa shape index (κ1) is 26.9. The van der Waals surface area contributed by atoms with E-state index in [-0.39, 0.29) is 33.5 Å². The maximum absolute atomic E-state index is 14.0.